The molecule has 20 heavy (non-hydrogen) atoms. The lowest BCUT2D eigenvalue weighted by atomic mass is 9.92. The summed E-state index contributed by atoms with van der Waals surface area (Å²) in [5.41, 5.74) is 11.5. The average molecular weight is 397 g/mol. The molecule has 2 rings (SSSR count). The molecule has 0 spiro atoms. The first-order valence-corrected chi connectivity index (χ1v) is 8.47. The van der Waals surface area contributed by atoms with Crippen LogP contribution < -0.4 is 5.73 Å². The summed E-state index contributed by atoms with van der Waals surface area (Å²) >= 11 is 7.13. The number of hydrogen-bond donors (Lipinski definition) is 1. The first-order valence-electron chi connectivity index (χ1n) is 6.89. The van der Waals surface area contributed by atoms with Crippen LogP contribution in [-0.2, 0) is 12.8 Å². The molecule has 0 aliphatic rings. The second-order valence-electron chi connectivity index (χ2n) is 4.88. The fourth-order valence-electron chi connectivity index (χ4n) is 2.40. The van der Waals surface area contributed by atoms with Crippen molar-refractivity contribution in [2.24, 2.45) is 5.73 Å². The third-order valence-electron chi connectivity index (χ3n) is 3.63. The van der Waals surface area contributed by atoms with E-state index in [0.29, 0.717) is 0 Å². The zero-order valence-corrected chi connectivity index (χ0v) is 15.0. The molecule has 106 valence electrons. The monoisotopic (exact) mass is 395 g/mol. The molecule has 0 heterocycles. The van der Waals surface area contributed by atoms with Gasteiger partial charge in [0.25, 0.3) is 0 Å². The van der Waals surface area contributed by atoms with Crippen molar-refractivity contribution in [3.05, 3.63) is 67.6 Å². The van der Waals surface area contributed by atoms with Gasteiger partial charge in [-0.3, -0.25) is 0 Å². The fraction of sp³-hybridized carbons (Fsp3) is 0.294. The molecule has 0 amide bonds. The van der Waals surface area contributed by atoms with E-state index in [2.05, 4.69) is 70.0 Å². The molecule has 0 saturated heterocycles. The Bertz CT molecular complexity index is 608. The lowest BCUT2D eigenvalue weighted by molar-refractivity contribution is 0.839. The Kier molecular flexibility index (Phi) is 5.42. The maximum absolute atomic E-state index is 6.54. The van der Waals surface area contributed by atoms with Gasteiger partial charge >= 0.3 is 0 Å². The summed E-state index contributed by atoms with van der Waals surface area (Å²) in [5.74, 6) is 0. The number of hydrogen-bond acceptors (Lipinski definition) is 1. The summed E-state index contributed by atoms with van der Waals surface area (Å²) < 4.78 is 2.10. The van der Waals surface area contributed by atoms with Gasteiger partial charge in [-0.1, -0.05) is 63.9 Å². The molecule has 3 heteroatoms. The van der Waals surface area contributed by atoms with Crippen molar-refractivity contribution < 1.29 is 0 Å². The van der Waals surface area contributed by atoms with Crippen molar-refractivity contribution in [3.8, 4) is 0 Å². The van der Waals surface area contributed by atoms with E-state index in [4.69, 9.17) is 5.73 Å². The van der Waals surface area contributed by atoms with Crippen LogP contribution in [0.3, 0.4) is 0 Å². The van der Waals surface area contributed by atoms with E-state index in [1.165, 1.54) is 16.7 Å². The fourth-order valence-corrected chi connectivity index (χ4v) is 3.27. The van der Waals surface area contributed by atoms with Crippen LogP contribution in [0.25, 0.3) is 0 Å². The topological polar surface area (TPSA) is 26.0 Å². The highest BCUT2D eigenvalue weighted by Gasteiger charge is 2.16. The Hall–Kier alpha value is -0.640. The molecular formula is C17H19Br2N. The van der Waals surface area contributed by atoms with Crippen LogP contribution in [0.4, 0.5) is 0 Å². The number of nitrogens with two attached hydrogens (primary N) is 1. The summed E-state index contributed by atoms with van der Waals surface area (Å²) in [7, 11) is 0. The molecule has 1 unspecified atom stereocenters. The molecule has 2 N–H and O–H groups in total. The number of halogens is 2. The van der Waals surface area contributed by atoms with E-state index in [0.717, 1.165) is 27.4 Å². The second-order valence-corrected chi connectivity index (χ2v) is 6.65. The van der Waals surface area contributed by atoms with Crippen LogP contribution >= 0.6 is 31.9 Å². The zero-order chi connectivity index (χ0) is 14.7. The maximum atomic E-state index is 6.54. The van der Waals surface area contributed by atoms with E-state index in [1.54, 1.807) is 0 Å². The van der Waals surface area contributed by atoms with Crippen LogP contribution in [0.1, 0.15) is 42.1 Å². The molecule has 0 radical (unpaired) electrons. The summed E-state index contributed by atoms with van der Waals surface area (Å²) in [6.45, 7) is 4.35. The van der Waals surface area contributed by atoms with Crippen molar-refractivity contribution in [2.45, 2.75) is 32.7 Å². The molecule has 0 saturated carbocycles. The third kappa shape index (κ3) is 3.33. The van der Waals surface area contributed by atoms with Gasteiger partial charge in [-0.2, -0.15) is 0 Å². The lowest BCUT2D eigenvalue weighted by Crippen LogP contribution is -2.15. The normalized spacial score (nSPS) is 12.4. The Morgan fingerprint density at radius 3 is 2.35 bits per heavy atom. The van der Waals surface area contributed by atoms with Gasteiger partial charge in [0, 0.05) is 8.95 Å². The highest BCUT2D eigenvalue weighted by atomic mass is 79.9. The van der Waals surface area contributed by atoms with Crippen LogP contribution in [0.15, 0.2) is 45.3 Å². The van der Waals surface area contributed by atoms with Crippen molar-refractivity contribution in [1.82, 2.24) is 0 Å². The Morgan fingerprint density at radius 1 is 0.950 bits per heavy atom. The Morgan fingerprint density at radius 2 is 1.70 bits per heavy atom. The minimum atomic E-state index is -0.108. The van der Waals surface area contributed by atoms with E-state index >= 15 is 0 Å². The van der Waals surface area contributed by atoms with Gasteiger partial charge in [0.15, 0.2) is 0 Å². The molecule has 0 bridgehead atoms. The third-order valence-corrected chi connectivity index (χ3v) is 4.84. The van der Waals surface area contributed by atoms with Crippen molar-refractivity contribution in [3.63, 3.8) is 0 Å². The minimum Gasteiger partial charge on any atom is -0.320 e. The van der Waals surface area contributed by atoms with Gasteiger partial charge in [0.05, 0.1) is 6.04 Å². The zero-order valence-electron chi connectivity index (χ0n) is 11.8. The van der Waals surface area contributed by atoms with E-state index in [-0.39, 0.29) is 6.04 Å². The second kappa shape index (κ2) is 6.88. The number of rotatable bonds is 4. The lowest BCUT2D eigenvalue weighted by Gasteiger charge is -2.19. The van der Waals surface area contributed by atoms with Crippen molar-refractivity contribution in [2.75, 3.05) is 0 Å². The SMILES string of the molecule is CCc1ccc(CC)c(C(N)c2cc(Br)ccc2Br)c1. The molecule has 0 fully saturated rings. The highest BCUT2D eigenvalue weighted by Crippen LogP contribution is 2.31. The van der Waals surface area contributed by atoms with Gasteiger partial charge in [0.2, 0.25) is 0 Å². The summed E-state index contributed by atoms with van der Waals surface area (Å²) in [5, 5.41) is 0. The molecule has 0 aromatic heterocycles. The van der Waals surface area contributed by atoms with Gasteiger partial charge in [0.1, 0.15) is 0 Å². The largest absolute Gasteiger partial charge is 0.320 e. The van der Waals surface area contributed by atoms with E-state index in [9.17, 15) is 0 Å². The predicted octanol–water partition coefficient (Wildman–Crippen LogP) is 5.38. The predicted molar refractivity (Wildman–Crippen MR) is 93.1 cm³/mol. The van der Waals surface area contributed by atoms with Gasteiger partial charge in [-0.05, 0) is 53.3 Å². The van der Waals surface area contributed by atoms with Crippen LogP contribution in [0.5, 0.6) is 0 Å². The van der Waals surface area contributed by atoms with Crippen LogP contribution in [0, 0.1) is 0 Å². The van der Waals surface area contributed by atoms with E-state index < -0.39 is 0 Å². The quantitative estimate of drug-likeness (QED) is 0.736. The maximum Gasteiger partial charge on any atom is 0.0566 e. The van der Waals surface area contributed by atoms with Crippen LogP contribution in [-0.4, -0.2) is 0 Å². The summed E-state index contributed by atoms with van der Waals surface area (Å²) in [6, 6.07) is 12.7. The molecule has 0 aliphatic heterocycles. The van der Waals surface area contributed by atoms with Crippen molar-refractivity contribution >= 4 is 31.9 Å². The van der Waals surface area contributed by atoms with Gasteiger partial charge in [-0.15, -0.1) is 0 Å². The molecular weight excluding hydrogens is 378 g/mol. The molecule has 1 atom stereocenters. The standard InChI is InChI=1S/C17H19Br2N/c1-3-11-5-6-12(4-2)14(9-11)17(20)15-10-13(18)7-8-16(15)19/h5-10,17H,3-4,20H2,1-2H3. The highest BCUT2D eigenvalue weighted by molar-refractivity contribution is 9.11. The van der Waals surface area contributed by atoms with Gasteiger partial charge in [-0.25, -0.2) is 0 Å². The first kappa shape index (κ1) is 15.7. The van der Waals surface area contributed by atoms with Crippen LogP contribution in [0.2, 0.25) is 0 Å². The number of aryl methyl sites for hydroxylation is 2. The van der Waals surface area contributed by atoms with Crippen molar-refractivity contribution in [1.29, 1.82) is 0 Å². The molecule has 1 nitrogen and oxygen atoms in total. The summed E-state index contributed by atoms with van der Waals surface area (Å²) in [4.78, 5) is 0. The smallest absolute Gasteiger partial charge is 0.0566 e. The average Bonchev–Trinajstić information content (AvgIpc) is 2.48. The molecule has 2 aromatic rings. The Labute approximate surface area is 137 Å². The Balaban J connectivity index is 2.51. The minimum absolute atomic E-state index is 0.108. The molecule has 2 aromatic carbocycles. The first-order chi connectivity index (χ1) is 9.56. The van der Waals surface area contributed by atoms with E-state index in [1.807, 2.05) is 12.1 Å². The summed E-state index contributed by atoms with van der Waals surface area (Å²) in [6.07, 6.45) is 2.03. The molecule has 0 aliphatic carbocycles. The number of benzene rings is 2. The van der Waals surface area contributed by atoms with Gasteiger partial charge < -0.3 is 5.73 Å².